The standard InChI is InChI=1S/C21H22N2O3S/c24-19-12-14-23(20(25)26-16-17-8-3-1-4-9-17)21(18-10-5-2-6-11-18)22(19)13-7-15-27-21/h1-6,8-11H,7,12-16H2. The van der Waals surface area contributed by atoms with E-state index >= 15 is 0 Å². The molecule has 2 aromatic carbocycles. The molecule has 2 aromatic rings. The van der Waals surface area contributed by atoms with E-state index in [1.807, 2.05) is 65.6 Å². The number of amides is 2. The highest BCUT2D eigenvalue weighted by Crippen LogP contribution is 2.48. The van der Waals surface area contributed by atoms with Crippen LogP contribution in [0.5, 0.6) is 0 Å². The van der Waals surface area contributed by atoms with Gasteiger partial charge in [-0.25, -0.2) is 4.79 Å². The molecule has 1 unspecified atom stereocenters. The van der Waals surface area contributed by atoms with Gasteiger partial charge in [-0.15, -0.1) is 11.8 Å². The van der Waals surface area contributed by atoms with Gasteiger partial charge in [-0.05, 0) is 17.7 Å². The highest BCUT2D eigenvalue weighted by molar-refractivity contribution is 8.00. The van der Waals surface area contributed by atoms with Gasteiger partial charge in [0.2, 0.25) is 5.91 Å². The summed E-state index contributed by atoms with van der Waals surface area (Å²) in [5, 5.41) is 0. The molecule has 2 aliphatic rings. The molecular formula is C21H22N2O3S. The van der Waals surface area contributed by atoms with Crippen LogP contribution in [0.3, 0.4) is 0 Å². The topological polar surface area (TPSA) is 49.9 Å². The third-order valence-electron chi connectivity index (χ3n) is 4.99. The number of benzene rings is 2. The van der Waals surface area contributed by atoms with Crippen LogP contribution in [-0.2, 0) is 21.1 Å². The Bertz CT molecular complexity index is 815. The van der Waals surface area contributed by atoms with Gasteiger partial charge >= 0.3 is 6.09 Å². The normalized spacial score (nSPS) is 22.3. The number of rotatable bonds is 3. The van der Waals surface area contributed by atoms with Crippen LogP contribution in [0.4, 0.5) is 4.79 Å². The molecule has 2 heterocycles. The Labute approximate surface area is 163 Å². The molecule has 140 valence electrons. The van der Waals surface area contributed by atoms with Crippen molar-refractivity contribution in [2.24, 2.45) is 0 Å². The number of carbonyl (C=O) groups is 2. The van der Waals surface area contributed by atoms with Crippen molar-refractivity contribution in [3.8, 4) is 0 Å². The van der Waals surface area contributed by atoms with Gasteiger partial charge in [-0.2, -0.15) is 0 Å². The van der Waals surface area contributed by atoms with E-state index in [-0.39, 0.29) is 18.6 Å². The molecule has 5 nitrogen and oxygen atoms in total. The average molecular weight is 382 g/mol. The highest BCUT2D eigenvalue weighted by atomic mass is 32.2. The van der Waals surface area contributed by atoms with Crippen molar-refractivity contribution in [1.82, 2.24) is 9.80 Å². The summed E-state index contributed by atoms with van der Waals surface area (Å²) in [6.07, 6.45) is 0.877. The van der Waals surface area contributed by atoms with Crippen LogP contribution >= 0.6 is 11.8 Å². The second-order valence-electron chi connectivity index (χ2n) is 6.66. The van der Waals surface area contributed by atoms with Crippen LogP contribution in [0.1, 0.15) is 24.0 Å². The summed E-state index contributed by atoms with van der Waals surface area (Å²) < 4.78 is 5.63. The number of thioether (sulfide) groups is 1. The van der Waals surface area contributed by atoms with Gasteiger partial charge in [0.25, 0.3) is 0 Å². The molecule has 2 saturated heterocycles. The fraction of sp³-hybridized carbons (Fsp3) is 0.333. The molecule has 6 heteroatoms. The van der Waals surface area contributed by atoms with Crippen molar-refractivity contribution in [2.45, 2.75) is 24.4 Å². The summed E-state index contributed by atoms with van der Waals surface area (Å²) >= 11 is 1.64. The summed E-state index contributed by atoms with van der Waals surface area (Å²) in [6, 6.07) is 19.5. The smallest absolute Gasteiger partial charge is 0.412 e. The lowest BCUT2D eigenvalue weighted by Crippen LogP contribution is -2.65. The second kappa shape index (κ2) is 7.64. The average Bonchev–Trinajstić information content (AvgIpc) is 2.74. The minimum absolute atomic E-state index is 0.0955. The summed E-state index contributed by atoms with van der Waals surface area (Å²) in [5.41, 5.74) is 1.89. The monoisotopic (exact) mass is 382 g/mol. The molecule has 0 aromatic heterocycles. The van der Waals surface area contributed by atoms with E-state index in [0.29, 0.717) is 19.5 Å². The molecule has 0 radical (unpaired) electrons. The highest BCUT2D eigenvalue weighted by Gasteiger charge is 2.53. The first kappa shape index (κ1) is 17.9. The van der Waals surface area contributed by atoms with E-state index < -0.39 is 4.99 Å². The number of fused-ring (bicyclic) bond motifs is 1. The van der Waals surface area contributed by atoms with E-state index in [9.17, 15) is 9.59 Å². The zero-order valence-corrected chi connectivity index (χ0v) is 15.9. The lowest BCUT2D eigenvalue weighted by atomic mass is 10.1. The Morgan fingerprint density at radius 2 is 1.74 bits per heavy atom. The van der Waals surface area contributed by atoms with Crippen molar-refractivity contribution in [1.29, 1.82) is 0 Å². The molecule has 0 saturated carbocycles. The van der Waals surface area contributed by atoms with Gasteiger partial charge in [0, 0.05) is 25.1 Å². The summed E-state index contributed by atoms with van der Waals surface area (Å²) in [6.45, 7) is 1.24. The van der Waals surface area contributed by atoms with Gasteiger partial charge in [0.15, 0.2) is 4.99 Å². The molecule has 1 atom stereocenters. The van der Waals surface area contributed by atoms with Gasteiger partial charge in [-0.1, -0.05) is 60.7 Å². The van der Waals surface area contributed by atoms with Gasteiger partial charge in [0.1, 0.15) is 6.61 Å². The lowest BCUT2D eigenvalue weighted by molar-refractivity contribution is -0.147. The number of nitrogens with zero attached hydrogens (tertiary/aromatic N) is 2. The van der Waals surface area contributed by atoms with E-state index in [1.165, 1.54) is 0 Å². The molecular weight excluding hydrogens is 360 g/mol. The Kier molecular flexibility index (Phi) is 5.07. The fourth-order valence-electron chi connectivity index (χ4n) is 3.74. The van der Waals surface area contributed by atoms with Crippen molar-refractivity contribution < 1.29 is 14.3 Å². The third-order valence-corrected chi connectivity index (χ3v) is 6.56. The summed E-state index contributed by atoms with van der Waals surface area (Å²) in [4.78, 5) is 28.5. The largest absolute Gasteiger partial charge is 0.444 e. The van der Waals surface area contributed by atoms with E-state index in [2.05, 4.69) is 0 Å². The van der Waals surface area contributed by atoms with Gasteiger partial charge < -0.3 is 9.64 Å². The molecule has 2 aliphatic heterocycles. The zero-order valence-electron chi connectivity index (χ0n) is 15.0. The predicted molar refractivity (Wildman–Crippen MR) is 105 cm³/mol. The Morgan fingerprint density at radius 1 is 1.04 bits per heavy atom. The van der Waals surface area contributed by atoms with Crippen LogP contribution in [0.2, 0.25) is 0 Å². The minimum Gasteiger partial charge on any atom is -0.444 e. The van der Waals surface area contributed by atoms with E-state index in [0.717, 1.165) is 23.3 Å². The van der Waals surface area contributed by atoms with E-state index in [4.69, 9.17) is 4.74 Å². The Morgan fingerprint density at radius 3 is 2.48 bits per heavy atom. The number of carbonyl (C=O) groups excluding carboxylic acids is 2. The van der Waals surface area contributed by atoms with Crippen LogP contribution in [-0.4, -0.2) is 40.6 Å². The van der Waals surface area contributed by atoms with E-state index in [1.54, 1.807) is 16.7 Å². The van der Waals surface area contributed by atoms with Crippen molar-refractivity contribution in [2.75, 3.05) is 18.8 Å². The maximum absolute atomic E-state index is 13.1. The Balaban J connectivity index is 1.65. The minimum atomic E-state index is -0.817. The van der Waals surface area contributed by atoms with Crippen LogP contribution in [0.25, 0.3) is 0 Å². The second-order valence-corrected chi connectivity index (χ2v) is 7.93. The van der Waals surface area contributed by atoms with Crippen molar-refractivity contribution in [3.63, 3.8) is 0 Å². The first-order valence-corrected chi connectivity index (χ1v) is 10.2. The van der Waals surface area contributed by atoms with Crippen LogP contribution in [0.15, 0.2) is 60.7 Å². The molecule has 0 aliphatic carbocycles. The van der Waals surface area contributed by atoms with Gasteiger partial charge in [0.05, 0.1) is 0 Å². The van der Waals surface area contributed by atoms with Crippen LogP contribution < -0.4 is 0 Å². The summed E-state index contributed by atoms with van der Waals surface area (Å²) in [7, 11) is 0. The third kappa shape index (κ3) is 3.30. The number of ether oxygens (including phenoxy) is 1. The first-order valence-electron chi connectivity index (χ1n) is 9.20. The first-order chi connectivity index (χ1) is 13.2. The predicted octanol–water partition coefficient (Wildman–Crippen LogP) is 3.80. The number of hydrogen-bond donors (Lipinski definition) is 0. The molecule has 0 bridgehead atoms. The molecule has 0 spiro atoms. The molecule has 2 fully saturated rings. The van der Waals surface area contributed by atoms with Crippen molar-refractivity contribution in [3.05, 3.63) is 71.8 Å². The van der Waals surface area contributed by atoms with Gasteiger partial charge in [-0.3, -0.25) is 9.69 Å². The molecule has 0 N–H and O–H groups in total. The van der Waals surface area contributed by atoms with Crippen LogP contribution in [0, 0.1) is 0 Å². The number of hydrogen-bond acceptors (Lipinski definition) is 4. The fourth-order valence-corrected chi connectivity index (χ4v) is 5.27. The maximum atomic E-state index is 13.1. The van der Waals surface area contributed by atoms with Crippen molar-refractivity contribution >= 4 is 23.8 Å². The Hall–Kier alpha value is -2.47. The SMILES string of the molecule is O=C1CCN(C(=O)OCc2ccccc2)C2(c3ccccc3)SCCCN12. The lowest BCUT2D eigenvalue weighted by Gasteiger charge is -2.54. The zero-order chi connectivity index (χ0) is 18.7. The summed E-state index contributed by atoms with van der Waals surface area (Å²) in [5.74, 6) is 0.986. The quantitative estimate of drug-likeness (QED) is 0.810. The molecule has 27 heavy (non-hydrogen) atoms. The molecule has 2 amide bonds. The maximum Gasteiger partial charge on any atom is 0.412 e. The molecule has 4 rings (SSSR count).